The number of hydrogen-bond donors (Lipinski definition) is 2. The van der Waals surface area contributed by atoms with Gasteiger partial charge in [-0.2, -0.15) is 0 Å². The van der Waals surface area contributed by atoms with Crippen molar-refractivity contribution in [3.8, 4) is 5.75 Å². The van der Waals surface area contributed by atoms with Crippen molar-refractivity contribution in [3.05, 3.63) is 74.5 Å². The van der Waals surface area contributed by atoms with Gasteiger partial charge < -0.3 is 29.6 Å². The molecule has 2 N–H and O–H groups in total. The molecule has 2 aromatic carbocycles. The Bertz CT molecular complexity index is 1400. The zero-order valence-corrected chi connectivity index (χ0v) is 23.4. The fraction of sp³-hybridized carbons (Fsp3) is 0.231. The van der Waals surface area contributed by atoms with Gasteiger partial charge in [0.1, 0.15) is 11.6 Å². The summed E-state index contributed by atoms with van der Waals surface area (Å²) in [6.07, 6.45) is 1.87. The number of hydrogen-bond acceptors (Lipinski definition) is 5. The van der Waals surface area contributed by atoms with Crippen molar-refractivity contribution in [3.63, 3.8) is 0 Å². The van der Waals surface area contributed by atoms with Crippen LogP contribution >= 0.6 is 38.5 Å². The molecule has 0 saturated carbocycles. The van der Waals surface area contributed by atoms with Gasteiger partial charge in [-0.3, -0.25) is 0 Å². The molecule has 0 aliphatic carbocycles. The van der Waals surface area contributed by atoms with Gasteiger partial charge in [0.2, 0.25) is 0 Å². The molecule has 2 aromatic heterocycles. The van der Waals surface area contributed by atoms with Crippen LogP contribution in [0, 0.1) is 3.70 Å². The third-order valence-corrected chi connectivity index (χ3v) is 7.43. The van der Waals surface area contributed by atoms with Crippen LogP contribution in [0.1, 0.15) is 5.56 Å². The van der Waals surface area contributed by atoms with Gasteiger partial charge in [-0.25, -0.2) is 9.78 Å². The Morgan fingerprint density at radius 2 is 1.92 bits per heavy atom. The van der Waals surface area contributed by atoms with Crippen LogP contribution in [0.4, 0.5) is 22.0 Å². The first-order valence-electron chi connectivity index (χ1n) is 11.5. The van der Waals surface area contributed by atoms with Crippen molar-refractivity contribution in [1.29, 1.82) is 0 Å². The minimum atomic E-state index is -0.342. The molecule has 1 aliphatic rings. The summed E-state index contributed by atoms with van der Waals surface area (Å²) in [5.41, 5.74) is 3.53. The predicted molar refractivity (Wildman–Crippen MR) is 154 cm³/mol. The summed E-state index contributed by atoms with van der Waals surface area (Å²) in [5, 5.41) is 6.85. The smallest absolute Gasteiger partial charge is 0.323 e. The number of morpholine rings is 1. The van der Waals surface area contributed by atoms with E-state index in [0.717, 1.165) is 56.9 Å². The molecule has 1 saturated heterocycles. The summed E-state index contributed by atoms with van der Waals surface area (Å²) in [6, 6.07) is 17.3. The molecule has 0 radical (unpaired) electrons. The lowest BCUT2D eigenvalue weighted by Crippen LogP contribution is -2.36. The van der Waals surface area contributed by atoms with Gasteiger partial charge in [0.05, 0.1) is 40.9 Å². The predicted octanol–water partition coefficient (Wildman–Crippen LogP) is 5.94. The molecule has 1 aliphatic heterocycles. The Morgan fingerprint density at radius 1 is 1.11 bits per heavy atom. The molecular weight excluding hydrogens is 637 g/mol. The lowest BCUT2D eigenvalue weighted by atomic mass is 10.2. The Balaban J connectivity index is 1.37. The second-order valence-corrected chi connectivity index (χ2v) is 10.4. The van der Waals surface area contributed by atoms with Crippen LogP contribution in [0.2, 0.25) is 0 Å². The van der Waals surface area contributed by atoms with E-state index in [1.165, 1.54) is 5.56 Å². The summed E-state index contributed by atoms with van der Waals surface area (Å²) in [4.78, 5) is 19.7. The first-order chi connectivity index (χ1) is 17.5. The molecule has 5 rings (SSSR count). The average Bonchev–Trinajstić information content (AvgIpc) is 3.21. The van der Waals surface area contributed by atoms with E-state index < -0.39 is 0 Å². The van der Waals surface area contributed by atoms with Crippen molar-refractivity contribution in [2.24, 2.45) is 0 Å². The first kappa shape index (κ1) is 24.8. The molecule has 2 amide bonds. The second kappa shape index (κ2) is 11.1. The normalized spacial score (nSPS) is 13.6. The number of halogens is 2. The van der Waals surface area contributed by atoms with Crippen LogP contribution < -0.4 is 20.3 Å². The number of benzene rings is 2. The summed E-state index contributed by atoms with van der Waals surface area (Å²) in [6.45, 7) is 3.85. The SMILES string of the molecule is COc1ccc(Br)cc1NC(=O)Nc1cccc2c1cc(I)n2Cc1ccnc(N2CCOCC2)c1. The maximum atomic E-state index is 12.9. The molecule has 0 bridgehead atoms. The van der Waals surface area contributed by atoms with E-state index in [1.807, 2.05) is 30.5 Å². The van der Waals surface area contributed by atoms with Crippen LogP contribution in [0.3, 0.4) is 0 Å². The van der Waals surface area contributed by atoms with E-state index in [-0.39, 0.29) is 6.03 Å². The fourth-order valence-corrected chi connectivity index (χ4v) is 5.39. The van der Waals surface area contributed by atoms with Crippen molar-refractivity contribution < 1.29 is 14.3 Å². The maximum absolute atomic E-state index is 12.9. The molecule has 4 aromatic rings. The van der Waals surface area contributed by atoms with Crippen molar-refractivity contribution in [1.82, 2.24) is 9.55 Å². The van der Waals surface area contributed by atoms with Crippen LogP contribution in [0.5, 0.6) is 5.75 Å². The molecule has 0 atom stereocenters. The first-order valence-corrected chi connectivity index (χ1v) is 13.4. The van der Waals surface area contributed by atoms with Gasteiger partial charge in [0, 0.05) is 35.7 Å². The molecular formula is C26H25BrIN5O3. The van der Waals surface area contributed by atoms with Gasteiger partial charge in [0.15, 0.2) is 0 Å². The lowest BCUT2D eigenvalue weighted by molar-refractivity contribution is 0.122. The molecule has 36 heavy (non-hydrogen) atoms. The molecule has 8 nitrogen and oxygen atoms in total. The Morgan fingerprint density at radius 3 is 2.72 bits per heavy atom. The number of nitrogens with one attached hydrogen (secondary N) is 2. The van der Waals surface area contributed by atoms with Gasteiger partial charge >= 0.3 is 6.03 Å². The van der Waals surface area contributed by atoms with E-state index >= 15 is 0 Å². The summed E-state index contributed by atoms with van der Waals surface area (Å²) in [7, 11) is 1.57. The number of fused-ring (bicyclic) bond motifs is 1. The van der Waals surface area contributed by atoms with E-state index in [4.69, 9.17) is 9.47 Å². The highest BCUT2D eigenvalue weighted by atomic mass is 127. The minimum Gasteiger partial charge on any atom is -0.495 e. The monoisotopic (exact) mass is 661 g/mol. The third kappa shape index (κ3) is 5.45. The number of methoxy groups -OCH3 is 1. The maximum Gasteiger partial charge on any atom is 0.323 e. The largest absolute Gasteiger partial charge is 0.495 e. The number of anilines is 3. The van der Waals surface area contributed by atoms with Gasteiger partial charge in [0.25, 0.3) is 0 Å². The molecule has 0 spiro atoms. The van der Waals surface area contributed by atoms with Gasteiger partial charge in [-0.1, -0.05) is 22.0 Å². The number of rotatable bonds is 6. The molecule has 186 valence electrons. The van der Waals surface area contributed by atoms with Crippen LogP contribution in [-0.2, 0) is 11.3 Å². The Labute approximate surface area is 231 Å². The summed E-state index contributed by atoms with van der Waals surface area (Å²) in [5.74, 6) is 1.56. The standard InChI is InChI=1S/C26H25BrIN5O3/c1-35-23-6-5-18(27)14-21(23)31-26(34)30-20-3-2-4-22-19(20)15-24(28)33(22)16-17-7-8-29-25(13-17)32-9-11-36-12-10-32/h2-8,13-15H,9-12,16H2,1H3,(H2,30,31,34). The number of urea groups is 1. The zero-order chi connectivity index (χ0) is 25.1. The number of amides is 2. The number of carbonyl (C=O) groups is 1. The van der Waals surface area contributed by atoms with Gasteiger partial charge in [-0.05, 0) is 76.7 Å². The van der Waals surface area contributed by atoms with Crippen LogP contribution in [-0.4, -0.2) is 49.0 Å². The molecule has 10 heteroatoms. The van der Waals surface area contributed by atoms with Gasteiger partial charge in [-0.15, -0.1) is 0 Å². The number of nitrogens with zero attached hydrogens (tertiary/aromatic N) is 3. The highest BCUT2D eigenvalue weighted by Crippen LogP contribution is 2.31. The topological polar surface area (TPSA) is 80.7 Å². The van der Waals surface area contributed by atoms with E-state index in [0.29, 0.717) is 18.0 Å². The highest BCUT2D eigenvalue weighted by Gasteiger charge is 2.16. The van der Waals surface area contributed by atoms with E-state index in [2.05, 4.69) is 81.8 Å². The number of carbonyl (C=O) groups excluding carboxylic acids is 1. The lowest BCUT2D eigenvalue weighted by Gasteiger charge is -2.28. The summed E-state index contributed by atoms with van der Waals surface area (Å²) >= 11 is 5.78. The number of aromatic nitrogens is 2. The molecule has 0 unspecified atom stereocenters. The minimum absolute atomic E-state index is 0.342. The van der Waals surface area contributed by atoms with Crippen LogP contribution in [0.25, 0.3) is 10.9 Å². The van der Waals surface area contributed by atoms with Crippen molar-refractivity contribution in [2.75, 3.05) is 48.9 Å². The fourth-order valence-electron chi connectivity index (χ4n) is 4.28. The molecule has 3 heterocycles. The van der Waals surface area contributed by atoms with Crippen molar-refractivity contribution in [2.45, 2.75) is 6.54 Å². The summed E-state index contributed by atoms with van der Waals surface area (Å²) < 4.78 is 15.0. The highest BCUT2D eigenvalue weighted by molar-refractivity contribution is 14.1. The quantitative estimate of drug-likeness (QED) is 0.250. The third-order valence-electron chi connectivity index (χ3n) is 6.04. The Kier molecular flexibility index (Phi) is 7.63. The van der Waals surface area contributed by atoms with Crippen LogP contribution in [0.15, 0.2) is 65.3 Å². The number of pyridine rings is 1. The van der Waals surface area contributed by atoms with Crippen molar-refractivity contribution >= 4 is 72.6 Å². The Hall–Kier alpha value is -2.83. The van der Waals surface area contributed by atoms with E-state index in [1.54, 1.807) is 19.2 Å². The number of ether oxygens (including phenoxy) is 2. The second-order valence-electron chi connectivity index (χ2n) is 8.34. The van der Waals surface area contributed by atoms with E-state index in [9.17, 15) is 4.79 Å². The molecule has 1 fully saturated rings. The average molecular weight is 662 g/mol. The zero-order valence-electron chi connectivity index (χ0n) is 19.6.